The van der Waals surface area contributed by atoms with E-state index in [9.17, 15) is 30.7 Å². The smallest absolute Gasteiger partial charge is 0.420 e. The largest absolute Gasteiger partial charge is 0.493 e. The number of aromatic amines is 2. The van der Waals surface area contributed by atoms with Crippen molar-refractivity contribution in [3.05, 3.63) is 110 Å². The highest BCUT2D eigenvalue weighted by atomic mass is 79.9. The third-order valence-electron chi connectivity index (χ3n) is 8.33. The summed E-state index contributed by atoms with van der Waals surface area (Å²) >= 11 is 6.41. The molecule has 0 saturated heterocycles. The number of H-pyrrole nitrogens is 2. The fourth-order valence-corrected chi connectivity index (χ4v) is 6.72. The van der Waals surface area contributed by atoms with Gasteiger partial charge < -0.3 is 24.2 Å². The van der Waals surface area contributed by atoms with Gasteiger partial charge in [0.2, 0.25) is 11.6 Å². The van der Waals surface area contributed by atoms with Gasteiger partial charge in [-0.1, -0.05) is 31.9 Å². The number of nitrogens with one attached hydrogen (secondary N) is 4. The molecule has 8 rings (SSSR count). The molecule has 0 saturated carbocycles. The Morgan fingerprint density at radius 1 is 0.655 bits per heavy atom. The van der Waals surface area contributed by atoms with Gasteiger partial charge in [-0.05, 0) is 95.7 Å². The lowest BCUT2D eigenvalue weighted by molar-refractivity contribution is -0.139. The number of halogens is 9. The highest BCUT2D eigenvalue weighted by Gasteiger charge is 2.35. The van der Waals surface area contributed by atoms with Gasteiger partial charge in [0.1, 0.15) is 22.7 Å². The number of hydrogen-bond donors (Lipinski definition) is 4. The average Bonchev–Trinajstić information content (AvgIpc) is 4.00. The lowest BCUT2D eigenvalue weighted by Crippen LogP contribution is -2.10. The fraction of sp³-hybridized carbons (Fsp3) is 0.167. The molecule has 0 fully saturated rings. The molecule has 8 aromatic rings. The first-order valence-corrected chi connectivity index (χ1v) is 18.3. The molecule has 0 spiro atoms. The van der Waals surface area contributed by atoms with Crippen molar-refractivity contribution in [3.63, 3.8) is 0 Å². The molecule has 0 amide bonds. The van der Waals surface area contributed by atoms with Crippen LogP contribution in [0.3, 0.4) is 0 Å². The summed E-state index contributed by atoms with van der Waals surface area (Å²) in [4.78, 5) is 0. The van der Waals surface area contributed by atoms with Gasteiger partial charge in [0.25, 0.3) is 0 Å². The topological polar surface area (TPSA) is 168 Å². The van der Waals surface area contributed by atoms with Crippen molar-refractivity contribution >= 4 is 65.2 Å². The second-order valence-electron chi connectivity index (χ2n) is 12.2. The number of furan rings is 2. The number of rotatable bonds is 10. The van der Waals surface area contributed by atoms with Crippen molar-refractivity contribution in [2.45, 2.75) is 32.4 Å². The number of anilines is 2. The second kappa shape index (κ2) is 16.4. The number of fused-ring (bicyclic) bond motifs is 2. The Bertz CT molecular complexity index is 2680. The van der Waals surface area contributed by atoms with Gasteiger partial charge in [-0.3, -0.25) is 0 Å². The molecule has 4 heterocycles. The van der Waals surface area contributed by atoms with E-state index in [-0.39, 0.29) is 41.3 Å². The van der Waals surface area contributed by atoms with Crippen LogP contribution in [0.15, 0.2) is 90.6 Å². The first kappa shape index (κ1) is 40.2. The van der Waals surface area contributed by atoms with Gasteiger partial charge >= 0.3 is 12.4 Å². The van der Waals surface area contributed by atoms with Gasteiger partial charge in [0.15, 0.2) is 11.5 Å². The van der Waals surface area contributed by atoms with Crippen LogP contribution in [-0.2, 0) is 25.4 Å². The molecule has 0 aliphatic rings. The number of nitrogens with zero attached hydrogens (tertiary/aromatic N) is 6. The van der Waals surface area contributed by atoms with Crippen molar-refractivity contribution in [1.82, 2.24) is 41.2 Å². The predicted octanol–water partition coefficient (Wildman–Crippen LogP) is 10.6. The zero-order chi connectivity index (χ0) is 41.2. The summed E-state index contributed by atoms with van der Waals surface area (Å²) in [6.45, 7) is 2.12. The third kappa shape index (κ3) is 9.07. The van der Waals surface area contributed by atoms with Crippen LogP contribution in [0.25, 0.3) is 45.1 Å². The van der Waals surface area contributed by atoms with E-state index >= 15 is 0 Å². The number of hydrogen-bond acceptors (Lipinski definition) is 11. The third-order valence-corrected chi connectivity index (χ3v) is 9.72. The normalized spacial score (nSPS) is 11.8. The van der Waals surface area contributed by atoms with Crippen LogP contribution in [0.1, 0.15) is 29.2 Å². The van der Waals surface area contributed by atoms with Crippen LogP contribution in [-0.4, -0.2) is 47.9 Å². The van der Waals surface area contributed by atoms with E-state index in [0.717, 1.165) is 27.6 Å². The van der Waals surface area contributed by atoms with Crippen LogP contribution >= 0.6 is 31.9 Å². The molecular weight excluding hydrogens is 913 g/mol. The highest BCUT2D eigenvalue weighted by Crippen LogP contribution is 2.39. The standard InChI is InChI=1S/C19H15BrF3N5O2.C17H10BrF4N5O/c1-2-29-15-4-3-12(8-13(15)19(21,22)23)24-9-11-7-16-10(5-14(11)20)6-17(30-16)18-25-27-28-26-18;18-12-6-10(1-2-11(12)17(20,21)22)23-7-9-5-14-8(3-13(9)19)4-15(28-14)16-24-26-27-25-16/h3-8,24H,2,9H2,1H3,(H,25,26,27,28);1-6,23H,7H2,(H,24,25,26,27). The molecule has 0 unspecified atom stereocenters. The Morgan fingerprint density at radius 3 is 1.76 bits per heavy atom. The Balaban J connectivity index is 0.000000177. The van der Waals surface area contributed by atoms with E-state index in [1.165, 1.54) is 30.3 Å². The van der Waals surface area contributed by atoms with Crippen molar-refractivity contribution < 1.29 is 44.3 Å². The minimum absolute atomic E-state index is 0.0534. The quantitative estimate of drug-likeness (QED) is 0.0963. The van der Waals surface area contributed by atoms with E-state index < -0.39 is 29.3 Å². The fourth-order valence-electron chi connectivity index (χ4n) is 5.62. The minimum Gasteiger partial charge on any atom is -0.493 e. The first-order chi connectivity index (χ1) is 27.7. The van der Waals surface area contributed by atoms with Gasteiger partial charge in [-0.2, -0.15) is 36.8 Å². The van der Waals surface area contributed by atoms with Crippen molar-refractivity contribution in [2.75, 3.05) is 17.2 Å². The van der Waals surface area contributed by atoms with Gasteiger partial charge in [-0.15, -0.1) is 20.4 Å². The van der Waals surface area contributed by atoms with E-state index in [2.05, 4.69) is 83.7 Å². The van der Waals surface area contributed by atoms with E-state index in [1.807, 2.05) is 6.07 Å². The van der Waals surface area contributed by atoms with E-state index in [4.69, 9.17) is 13.6 Å². The van der Waals surface area contributed by atoms with Crippen LogP contribution < -0.4 is 15.4 Å². The summed E-state index contributed by atoms with van der Waals surface area (Å²) in [5, 5.41) is 34.3. The van der Waals surface area contributed by atoms with Crippen LogP contribution in [0, 0.1) is 5.82 Å². The number of alkyl halides is 6. The Morgan fingerprint density at radius 2 is 1.21 bits per heavy atom. The van der Waals surface area contributed by atoms with Crippen LogP contribution in [0.2, 0.25) is 0 Å². The van der Waals surface area contributed by atoms with E-state index in [0.29, 0.717) is 45.3 Å². The number of aromatic nitrogens is 8. The maximum atomic E-state index is 14.4. The average molecular weight is 938 g/mol. The zero-order valence-electron chi connectivity index (χ0n) is 29.4. The molecule has 0 aliphatic heterocycles. The molecule has 4 aromatic heterocycles. The summed E-state index contributed by atoms with van der Waals surface area (Å²) in [5.41, 5.74) is 1.24. The van der Waals surface area contributed by atoms with Crippen LogP contribution in [0.5, 0.6) is 5.75 Å². The summed E-state index contributed by atoms with van der Waals surface area (Å²) in [5.74, 6) is 0.688. The molecule has 0 atom stereocenters. The monoisotopic (exact) mass is 936 g/mol. The summed E-state index contributed by atoms with van der Waals surface area (Å²) < 4.78 is 110. The van der Waals surface area contributed by atoms with Gasteiger partial charge in [0, 0.05) is 49.7 Å². The van der Waals surface area contributed by atoms with Crippen molar-refractivity contribution in [2.24, 2.45) is 0 Å². The lowest BCUT2D eigenvalue weighted by Gasteiger charge is -2.15. The van der Waals surface area contributed by atoms with Crippen molar-refractivity contribution in [3.8, 4) is 28.9 Å². The number of tetrazole rings is 2. The molecule has 0 bridgehead atoms. The minimum atomic E-state index is -4.51. The molecule has 0 aliphatic carbocycles. The van der Waals surface area contributed by atoms with Crippen molar-refractivity contribution in [1.29, 1.82) is 0 Å². The Hall–Kier alpha value is -6.03. The number of ether oxygens (including phenoxy) is 1. The van der Waals surface area contributed by atoms with Gasteiger partial charge in [-0.25, -0.2) is 4.39 Å². The predicted molar refractivity (Wildman–Crippen MR) is 203 cm³/mol. The summed E-state index contributed by atoms with van der Waals surface area (Å²) in [6.07, 6.45) is -8.97. The van der Waals surface area contributed by atoms with E-state index in [1.54, 1.807) is 31.2 Å². The molecule has 4 aromatic carbocycles. The molecule has 58 heavy (non-hydrogen) atoms. The number of benzene rings is 4. The first-order valence-electron chi connectivity index (χ1n) is 16.8. The second-order valence-corrected chi connectivity index (χ2v) is 13.9. The molecule has 22 heteroatoms. The maximum absolute atomic E-state index is 14.4. The summed E-state index contributed by atoms with van der Waals surface area (Å²) in [7, 11) is 0. The molecule has 0 radical (unpaired) electrons. The Labute approximate surface area is 338 Å². The molecule has 13 nitrogen and oxygen atoms in total. The molecule has 300 valence electrons. The lowest BCUT2D eigenvalue weighted by atomic mass is 10.1. The van der Waals surface area contributed by atoms with Crippen LogP contribution in [0.4, 0.5) is 42.1 Å². The zero-order valence-corrected chi connectivity index (χ0v) is 32.5. The summed E-state index contributed by atoms with van der Waals surface area (Å²) in [6, 6.07) is 17.3. The highest BCUT2D eigenvalue weighted by molar-refractivity contribution is 9.10. The Kier molecular flexibility index (Phi) is 11.4. The SMILES string of the molecule is CCOc1ccc(NCc2cc3oc(-c4nn[nH]n4)cc3cc2Br)cc1C(F)(F)F.Fc1cc2cc(-c3nn[nH]n3)oc2cc1CNc1ccc(C(F)(F)F)c(Br)c1. The molecule has 4 N–H and O–H groups in total. The van der Waals surface area contributed by atoms with Gasteiger partial charge in [0.05, 0.1) is 17.7 Å². The maximum Gasteiger partial charge on any atom is 0.420 e. The molecular formula is C36H25Br2F7N10O3.